The number of hydrogen-bond acceptors (Lipinski definition) is 3. The molecule has 0 saturated carbocycles. The maximum Gasteiger partial charge on any atom is 0.220 e. The maximum atomic E-state index is 13.6. The number of amides is 1. The summed E-state index contributed by atoms with van der Waals surface area (Å²) in [6.45, 7) is 1.44. The molecule has 0 bridgehead atoms. The van der Waals surface area contributed by atoms with E-state index < -0.39 is 17.0 Å². The minimum absolute atomic E-state index is 0.0264. The minimum Gasteiger partial charge on any atom is -0.355 e. The number of hydrogen-bond donors (Lipinski definition) is 1. The van der Waals surface area contributed by atoms with E-state index >= 15 is 0 Å². The Morgan fingerprint density at radius 3 is 2.62 bits per heavy atom. The number of rotatable bonds is 3. The second-order valence-electron chi connectivity index (χ2n) is 5.56. The van der Waals surface area contributed by atoms with Gasteiger partial charge < -0.3 is 14.8 Å². The lowest BCUT2D eigenvalue weighted by molar-refractivity contribution is -0.124. The van der Waals surface area contributed by atoms with Gasteiger partial charge in [-0.1, -0.05) is 6.07 Å². The summed E-state index contributed by atoms with van der Waals surface area (Å²) in [5.41, 5.74) is 0.178. The minimum atomic E-state index is -0.878. The van der Waals surface area contributed by atoms with Crippen molar-refractivity contribution in [1.29, 1.82) is 0 Å². The summed E-state index contributed by atoms with van der Waals surface area (Å²) in [4.78, 5) is 11.4. The number of ether oxygens (including phenoxy) is 2. The van der Waals surface area contributed by atoms with Crippen LogP contribution in [0, 0.1) is 11.6 Å². The largest absolute Gasteiger partial charge is 0.355 e. The van der Waals surface area contributed by atoms with E-state index in [9.17, 15) is 13.6 Å². The first-order valence-electron chi connectivity index (χ1n) is 7.04. The van der Waals surface area contributed by atoms with Crippen LogP contribution in [-0.2, 0) is 19.7 Å². The Kier molecular flexibility index (Phi) is 3.91. The standard InChI is InChI=1S/C15H17F2NO3/c16-11-2-1-10(7-12(11)17)15(4-3-13(19)18-9-15)8-14-20-5-6-21-14/h1-2,7,14H,3-6,8-9H2,(H,18,19). The summed E-state index contributed by atoms with van der Waals surface area (Å²) in [6.07, 6.45) is 1.06. The van der Waals surface area contributed by atoms with Gasteiger partial charge in [0.2, 0.25) is 5.91 Å². The quantitative estimate of drug-likeness (QED) is 0.926. The van der Waals surface area contributed by atoms with Crippen LogP contribution in [0.15, 0.2) is 18.2 Å². The Labute approximate surface area is 121 Å². The maximum absolute atomic E-state index is 13.6. The molecule has 0 radical (unpaired) electrons. The molecule has 6 heteroatoms. The van der Waals surface area contributed by atoms with Crippen molar-refractivity contribution in [3.8, 4) is 0 Å². The Hall–Kier alpha value is -1.53. The molecule has 1 aromatic carbocycles. The van der Waals surface area contributed by atoms with Gasteiger partial charge in [0, 0.05) is 24.8 Å². The molecule has 2 aliphatic heterocycles. The van der Waals surface area contributed by atoms with Crippen molar-refractivity contribution in [3.05, 3.63) is 35.4 Å². The third kappa shape index (κ3) is 2.91. The Morgan fingerprint density at radius 2 is 2.00 bits per heavy atom. The summed E-state index contributed by atoms with van der Waals surface area (Å²) in [7, 11) is 0. The van der Waals surface area contributed by atoms with Crippen molar-refractivity contribution >= 4 is 5.91 Å². The zero-order chi connectivity index (χ0) is 14.9. The molecular formula is C15H17F2NO3. The molecule has 114 valence electrons. The van der Waals surface area contributed by atoms with E-state index in [0.29, 0.717) is 44.6 Å². The lowest BCUT2D eigenvalue weighted by Gasteiger charge is -2.39. The van der Waals surface area contributed by atoms with Crippen LogP contribution in [0.4, 0.5) is 8.78 Å². The van der Waals surface area contributed by atoms with Crippen LogP contribution in [0.2, 0.25) is 0 Å². The second kappa shape index (κ2) is 5.69. The molecular weight excluding hydrogens is 280 g/mol. The average Bonchev–Trinajstić information content (AvgIpc) is 2.97. The third-order valence-corrected chi connectivity index (χ3v) is 4.23. The van der Waals surface area contributed by atoms with Crippen LogP contribution < -0.4 is 5.32 Å². The number of carbonyl (C=O) groups is 1. The predicted molar refractivity (Wildman–Crippen MR) is 70.6 cm³/mol. The van der Waals surface area contributed by atoms with Crippen LogP contribution in [0.3, 0.4) is 0 Å². The highest BCUT2D eigenvalue weighted by Gasteiger charge is 2.40. The molecule has 0 spiro atoms. The van der Waals surface area contributed by atoms with Gasteiger partial charge in [0.1, 0.15) is 0 Å². The fourth-order valence-corrected chi connectivity index (χ4v) is 3.01. The first kappa shape index (κ1) is 14.4. The van der Waals surface area contributed by atoms with E-state index in [4.69, 9.17) is 9.47 Å². The van der Waals surface area contributed by atoms with Crippen molar-refractivity contribution < 1.29 is 23.0 Å². The van der Waals surface area contributed by atoms with E-state index in [1.54, 1.807) is 6.07 Å². The zero-order valence-electron chi connectivity index (χ0n) is 11.5. The van der Waals surface area contributed by atoms with Crippen LogP contribution >= 0.6 is 0 Å². The highest BCUT2D eigenvalue weighted by molar-refractivity contribution is 5.77. The van der Waals surface area contributed by atoms with E-state index in [2.05, 4.69) is 5.32 Å². The highest BCUT2D eigenvalue weighted by Crippen LogP contribution is 2.38. The molecule has 2 saturated heterocycles. The first-order chi connectivity index (χ1) is 10.1. The molecule has 1 amide bonds. The molecule has 21 heavy (non-hydrogen) atoms. The van der Waals surface area contributed by atoms with Crippen LogP contribution in [0.25, 0.3) is 0 Å². The van der Waals surface area contributed by atoms with Crippen LogP contribution in [0.5, 0.6) is 0 Å². The topological polar surface area (TPSA) is 47.6 Å². The molecule has 2 heterocycles. The molecule has 1 unspecified atom stereocenters. The number of nitrogens with one attached hydrogen (secondary N) is 1. The predicted octanol–water partition coefficient (Wildman–Crippen LogP) is 1.88. The van der Waals surface area contributed by atoms with Crippen molar-refractivity contribution in [2.24, 2.45) is 0 Å². The number of halogens is 2. The van der Waals surface area contributed by atoms with Gasteiger partial charge in [-0.3, -0.25) is 4.79 Å². The van der Waals surface area contributed by atoms with E-state index in [1.165, 1.54) is 6.07 Å². The number of benzene rings is 1. The van der Waals surface area contributed by atoms with Crippen molar-refractivity contribution in [2.75, 3.05) is 19.8 Å². The van der Waals surface area contributed by atoms with Crippen LogP contribution in [0.1, 0.15) is 24.8 Å². The molecule has 1 N–H and O–H groups in total. The molecule has 2 fully saturated rings. The van der Waals surface area contributed by atoms with Gasteiger partial charge in [0.25, 0.3) is 0 Å². The van der Waals surface area contributed by atoms with Crippen molar-refractivity contribution in [1.82, 2.24) is 5.32 Å². The smallest absolute Gasteiger partial charge is 0.220 e. The lowest BCUT2D eigenvalue weighted by atomic mass is 9.72. The van der Waals surface area contributed by atoms with Gasteiger partial charge in [0.05, 0.1) is 13.2 Å². The Morgan fingerprint density at radius 1 is 1.24 bits per heavy atom. The summed E-state index contributed by atoms with van der Waals surface area (Å²) in [5, 5.41) is 2.81. The molecule has 1 atom stereocenters. The van der Waals surface area contributed by atoms with Gasteiger partial charge in [0.15, 0.2) is 17.9 Å². The van der Waals surface area contributed by atoms with Crippen LogP contribution in [-0.4, -0.2) is 32.0 Å². The zero-order valence-corrected chi connectivity index (χ0v) is 11.5. The van der Waals surface area contributed by atoms with Gasteiger partial charge in [-0.25, -0.2) is 8.78 Å². The van der Waals surface area contributed by atoms with Gasteiger partial charge in [-0.2, -0.15) is 0 Å². The molecule has 2 aliphatic rings. The van der Waals surface area contributed by atoms with E-state index in [0.717, 1.165) is 6.07 Å². The van der Waals surface area contributed by atoms with Gasteiger partial charge in [-0.05, 0) is 24.1 Å². The van der Waals surface area contributed by atoms with E-state index in [-0.39, 0.29) is 12.2 Å². The van der Waals surface area contributed by atoms with Gasteiger partial charge in [-0.15, -0.1) is 0 Å². The SMILES string of the molecule is O=C1CCC(CC2OCCO2)(c2ccc(F)c(F)c2)CN1. The third-order valence-electron chi connectivity index (χ3n) is 4.23. The Bertz CT molecular complexity index is 534. The fourth-order valence-electron chi connectivity index (χ4n) is 3.01. The van der Waals surface area contributed by atoms with Crippen molar-refractivity contribution in [3.63, 3.8) is 0 Å². The summed E-state index contributed by atoms with van der Waals surface area (Å²) in [6, 6.07) is 3.91. The summed E-state index contributed by atoms with van der Waals surface area (Å²) in [5.74, 6) is -1.78. The number of piperidine rings is 1. The molecule has 1 aromatic rings. The molecule has 4 nitrogen and oxygen atoms in total. The molecule has 0 aromatic heterocycles. The average molecular weight is 297 g/mol. The molecule has 0 aliphatic carbocycles. The highest BCUT2D eigenvalue weighted by atomic mass is 19.2. The van der Waals surface area contributed by atoms with Gasteiger partial charge >= 0.3 is 0 Å². The fraction of sp³-hybridized carbons (Fsp3) is 0.533. The van der Waals surface area contributed by atoms with E-state index in [1.807, 2.05) is 0 Å². The molecule has 3 rings (SSSR count). The first-order valence-corrected chi connectivity index (χ1v) is 7.04. The monoisotopic (exact) mass is 297 g/mol. The van der Waals surface area contributed by atoms with Crippen molar-refractivity contribution in [2.45, 2.75) is 31.0 Å². The summed E-state index contributed by atoms with van der Waals surface area (Å²) >= 11 is 0. The Balaban J connectivity index is 1.90. The second-order valence-corrected chi connectivity index (χ2v) is 5.56. The number of carbonyl (C=O) groups excluding carboxylic acids is 1. The lowest BCUT2D eigenvalue weighted by Crippen LogP contribution is -2.48. The summed E-state index contributed by atoms with van der Waals surface area (Å²) < 4.78 is 37.7. The normalized spacial score (nSPS) is 26.9.